The van der Waals surface area contributed by atoms with Crippen molar-refractivity contribution in [2.75, 3.05) is 0 Å². The Balaban J connectivity index is 0.000000720. The quantitative estimate of drug-likeness (QED) is 0.594. The first kappa shape index (κ1) is 9.28. The van der Waals surface area contributed by atoms with Gasteiger partial charge in [-0.25, -0.2) is 9.89 Å². The van der Waals surface area contributed by atoms with E-state index in [2.05, 4.69) is 10.2 Å². The molecule has 0 aliphatic carbocycles. The van der Waals surface area contributed by atoms with Gasteiger partial charge in [-0.1, -0.05) is 0 Å². The first-order chi connectivity index (χ1) is 5.29. The number of rotatable bonds is 0. The van der Waals surface area contributed by atoms with E-state index in [0.717, 1.165) is 19.4 Å². The summed E-state index contributed by atoms with van der Waals surface area (Å²) in [7, 11) is 0. The van der Waals surface area contributed by atoms with Gasteiger partial charge in [0.2, 0.25) is 0 Å². The van der Waals surface area contributed by atoms with E-state index in [9.17, 15) is 4.79 Å². The molecular formula is C6H11ClN4O. The summed E-state index contributed by atoms with van der Waals surface area (Å²) in [6.45, 7) is 0.748. The fourth-order valence-electron chi connectivity index (χ4n) is 1.43. The van der Waals surface area contributed by atoms with Gasteiger partial charge in [-0.15, -0.1) is 12.4 Å². The largest absolute Gasteiger partial charge is 0.343 e. The molecule has 2 rings (SSSR count). The van der Waals surface area contributed by atoms with Crippen molar-refractivity contribution in [2.45, 2.75) is 25.4 Å². The van der Waals surface area contributed by atoms with Crippen LogP contribution in [0, 0.1) is 0 Å². The second kappa shape index (κ2) is 3.28. The lowest BCUT2D eigenvalue weighted by atomic mass is 10.1. The van der Waals surface area contributed by atoms with E-state index in [-0.39, 0.29) is 24.1 Å². The van der Waals surface area contributed by atoms with Crippen LogP contribution in [0.4, 0.5) is 0 Å². The van der Waals surface area contributed by atoms with Crippen molar-refractivity contribution >= 4 is 12.4 Å². The third-order valence-corrected chi connectivity index (χ3v) is 2.02. The van der Waals surface area contributed by atoms with Gasteiger partial charge in [0.1, 0.15) is 5.82 Å². The molecule has 0 aromatic carbocycles. The molecule has 1 unspecified atom stereocenters. The third kappa shape index (κ3) is 1.25. The maximum Gasteiger partial charge on any atom is 0.343 e. The van der Waals surface area contributed by atoms with Crippen LogP contribution in [0.2, 0.25) is 0 Å². The monoisotopic (exact) mass is 190 g/mol. The number of hydrogen-bond donors (Lipinski definition) is 2. The fourth-order valence-corrected chi connectivity index (χ4v) is 1.43. The molecule has 0 amide bonds. The van der Waals surface area contributed by atoms with Crippen molar-refractivity contribution in [1.29, 1.82) is 0 Å². The molecule has 0 radical (unpaired) electrons. The van der Waals surface area contributed by atoms with Gasteiger partial charge in [0.15, 0.2) is 0 Å². The van der Waals surface area contributed by atoms with Crippen molar-refractivity contribution < 1.29 is 0 Å². The number of aromatic nitrogens is 3. The Kier molecular flexibility index (Phi) is 2.54. The van der Waals surface area contributed by atoms with E-state index in [1.807, 2.05) is 0 Å². The molecule has 0 saturated heterocycles. The van der Waals surface area contributed by atoms with Gasteiger partial charge in [0, 0.05) is 6.54 Å². The highest BCUT2D eigenvalue weighted by Gasteiger charge is 2.19. The third-order valence-electron chi connectivity index (χ3n) is 2.02. The molecule has 1 aromatic heterocycles. The van der Waals surface area contributed by atoms with Crippen LogP contribution in [0.25, 0.3) is 0 Å². The number of hydrogen-bond acceptors (Lipinski definition) is 3. The average Bonchev–Trinajstić information content (AvgIpc) is 2.35. The van der Waals surface area contributed by atoms with Crippen molar-refractivity contribution in [3.63, 3.8) is 0 Å². The molecule has 12 heavy (non-hydrogen) atoms. The predicted octanol–water partition coefficient (Wildman–Crippen LogP) is -0.213. The zero-order valence-corrected chi connectivity index (χ0v) is 7.30. The number of nitrogens with one attached hydrogen (secondary N) is 1. The average molecular weight is 191 g/mol. The Hall–Kier alpha value is -0.810. The summed E-state index contributed by atoms with van der Waals surface area (Å²) < 4.78 is 1.61. The number of nitrogens with zero attached hydrogens (tertiary/aromatic N) is 2. The second-order valence-electron chi connectivity index (χ2n) is 2.79. The number of halogens is 1. The Morgan fingerprint density at radius 2 is 2.42 bits per heavy atom. The number of H-pyrrole nitrogens is 1. The minimum atomic E-state index is -0.143. The van der Waals surface area contributed by atoms with Gasteiger partial charge in [0.25, 0.3) is 0 Å². The standard InChI is InChI=1S/C6H10N4O.ClH/c7-4-2-1-3-10-5(4)8-9-6(10)11;/h4H,1-3,7H2,(H,9,11);1H. The van der Waals surface area contributed by atoms with Gasteiger partial charge < -0.3 is 5.73 Å². The molecule has 0 saturated carbocycles. The SMILES string of the molecule is Cl.NC1CCCn2c1n[nH]c2=O. The summed E-state index contributed by atoms with van der Waals surface area (Å²) in [5.41, 5.74) is 5.57. The van der Waals surface area contributed by atoms with Crippen molar-refractivity contribution in [1.82, 2.24) is 14.8 Å². The molecule has 0 bridgehead atoms. The number of fused-ring (bicyclic) bond motifs is 1. The molecule has 0 spiro atoms. The Morgan fingerprint density at radius 1 is 1.67 bits per heavy atom. The van der Waals surface area contributed by atoms with Crippen molar-refractivity contribution in [3.05, 3.63) is 16.3 Å². The first-order valence-corrected chi connectivity index (χ1v) is 3.70. The Morgan fingerprint density at radius 3 is 3.08 bits per heavy atom. The minimum Gasteiger partial charge on any atom is -0.321 e. The molecule has 0 fully saturated rings. The zero-order chi connectivity index (χ0) is 7.84. The van der Waals surface area contributed by atoms with E-state index in [4.69, 9.17) is 5.73 Å². The van der Waals surface area contributed by atoms with E-state index in [1.165, 1.54) is 0 Å². The summed E-state index contributed by atoms with van der Waals surface area (Å²) in [5, 5.41) is 6.22. The maximum absolute atomic E-state index is 11.0. The maximum atomic E-state index is 11.0. The molecule has 1 aliphatic heterocycles. The zero-order valence-electron chi connectivity index (χ0n) is 6.49. The first-order valence-electron chi connectivity index (χ1n) is 3.70. The minimum absolute atomic E-state index is 0. The van der Waals surface area contributed by atoms with E-state index in [1.54, 1.807) is 4.57 Å². The highest BCUT2D eigenvalue weighted by molar-refractivity contribution is 5.85. The lowest BCUT2D eigenvalue weighted by Crippen LogP contribution is -2.27. The van der Waals surface area contributed by atoms with Gasteiger partial charge >= 0.3 is 5.69 Å². The molecule has 3 N–H and O–H groups in total. The Bertz CT molecular complexity index is 318. The van der Waals surface area contributed by atoms with E-state index < -0.39 is 0 Å². The van der Waals surface area contributed by atoms with Crippen LogP contribution in [0.5, 0.6) is 0 Å². The summed E-state index contributed by atoms with van der Waals surface area (Å²) in [5.74, 6) is 0.696. The van der Waals surface area contributed by atoms with Crippen LogP contribution in [0.3, 0.4) is 0 Å². The van der Waals surface area contributed by atoms with Crippen LogP contribution < -0.4 is 11.4 Å². The van der Waals surface area contributed by atoms with Gasteiger partial charge in [0.05, 0.1) is 6.04 Å². The molecule has 5 nitrogen and oxygen atoms in total. The van der Waals surface area contributed by atoms with Crippen LogP contribution in [-0.2, 0) is 6.54 Å². The molecule has 1 aliphatic rings. The lowest BCUT2D eigenvalue weighted by Gasteiger charge is -2.17. The fraction of sp³-hybridized carbons (Fsp3) is 0.667. The molecule has 1 aromatic rings. The van der Waals surface area contributed by atoms with Gasteiger partial charge in [-0.2, -0.15) is 5.10 Å². The van der Waals surface area contributed by atoms with Gasteiger partial charge in [-0.05, 0) is 12.8 Å². The van der Waals surface area contributed by atoms with E-state index >= 15 is 0 Å². The van der Waals surface area contributed by atoms with Crippen molar-refractivity contribution in [2.24, 2.45) is 5.73 Å². The predicted molar refractivity (Wildman–Crippen MR) is 46.3 cm³/mol. The van der Waals surface area contributed by atoms with Crippen LogP contribution in [0.15, 0.2) is 4.79 Å². The molecule has 1 atom stereocenters. The summed E-state index contributed by atoms with van der Waals surface area (Å²) in [6, 6.07) is -0.0669. The van der Waals surface area contributed by atoms with Crippen LogP contribution in [0.1, 0.15) is 24.7 Å². The van der Waals surface area contributed by atoms with E-state index in [0.29, 0.717) is 5.82 Å². The number of nitrogens with two attached hydrogens (primary N) is 1. The van der Waals surface area contributed by atoms with Crippen molar-refractivity contribution in [3.8, 4) is 0 Å². The van der Waals surface area contributed by atoms with Crippen LogP contribution in [-0.4, -0.2) is 14.8 Å². The number of aromatic amines is 1. The highest BCUT2D eigenvalue weighted by Crippen LogP contribution is 2.17. The second-order valence-corrected chi connectivity index (χ2v) is 2.79. The van der Waals surface area contributed by atoms with Gasteiger partial charge in [-0.3, -0.25) is 4.57 Å². The topological polar surface area (TPSA) is 76.7 Å². The lowest BCUT2D eigenvalue weighted by molar-refractivity contribution is 0.445. The highest BCUT2D eigenvalue weighted by atomic mass is 35.5. The molecule has 6 heteroatoms. The Labute approximate surface area is 75.4 Å². The van der Waals surface area contributed by atoms with Crippen LogP contribution >= 0.6 is 12.4 Å². The summed E-state index contributed by atoms with van der Waals surface area (Å²) in [4.78, 5) is 11.0. The summed E-state index contributed by atoms with van der Waals surface area (Å²) in [6.07, 6.45) is 1.89. The molecular weight excluding hydrogens is 180 g/mol. The normalized spacial score (nSPS) is 21.2. The molecule has 2 heterocycles. The smallest absolute Gasteiger partial charge is 0.321 e. The molecule has 68 valence electrons. The summed E-state index contributed by atoms with van der Waals surface area (Å²) >= 11 is 0.